The van der Waals surface area contributed by atoms with Crippen LogP contribution in [0.5, 0.6) is 0 Å². The Morgan fingerprint density at radius 1 is 1.71 bits per heavy atom. The number of rotatable bonds is 5. The molecule has 0 radical (unpaired) electrons. The van der Waals surface area contributed by atoms with Crippen LogP contribution in [0.3, 0.4) is 0 Å². The largest absolute Gasteiger partial charge is 0.570 e. The molecule has 0 aromatic heterocycles. The summed E-state index contributed by atoms with van der Waals surface area (Å²) < 4.78 is 4.42. The minimum absolute atomic E-state index is 0.533. The monoisotopic (exact) mass is 220 g/mol. The number of nitrogens with zero attached hydrogens (tertiary/aromatic N) is 1. The Balaban J connectivity index is 2.38. The van der Waals surface area contributed by atoms with E-state index in [1.807, 2.05) is 0 Å². The minimum Gasteiger partial charge on any atom is -0.570 e. The van der Waals surface area contributed by atoms with Gasteiger partial charge in [-0.3, -0.25) is 11.8 Å². The van der Waals surface area contributed by atoms with Crippen LogP contribution in [0.15, 0.2) is 0 Å². The number of aliphatic hydroxyl groups is 1. The predicted molar refractivity (Wildman–Crippen MR) is 53.0 cm³/mol. The first-order chi connectivity index (χ1) is 6.69. The number of halogens is 1. The van der Waals surface area contributed by atoms with Gasteiger partial charge in [-0.25, -0.2) is 4.79 Å². The Kier molecular flexibility index (Phi) is 4.65. The molecule has 0 aromatic carbocycles. The van der Waals surface area contributed by atoms with Crippen molar-refractivity contribution in [3.8, 4) is 0 Å². The average molecular weight is 221 g/mol. The molecule has 1 fully saturated rings. The molecule has 82 valence electrons. The fourth-order valence-corrected chi connectivity index (χ4v) is 1.76. The maximum atomic E-state index is 11.0. The Labute approximate surface area is 88.7 Å². The number of carbonyl (C=O) groups excluding carboxylic acids is 1. The van der Waals surface area contributed by atoms with Crippen LogP contribution >= 0.6 is 11.8 Å². The van der Waals surface area contributed by atoms with E-state index in [-0.39, 0.29) is 0 Å². The second-order valence-electron chi connectivity index (χ2n) is 3.67. The molecule has 0 spiro atoms. The highest BCUT2D eigenvalue weighted by atomic mass is 35.5. The van der Waals surface area contributed by atoms with Gasteiger partial charge >= 0.3 is 5.97 Å². The second kappa shape index (κ2) is 5.53. The van der Waals surface area contributed by atoms with Crippen molar-refractivity contribution < 1.29 is 14.6 Å². The standard InChI is InChI=1S/C9H15ClNO3/c1-14-9(13)8(12)7(11-10)5-6-3-2-4-6/h6-8,12H,2-5H2,1H3/q-1. The third kappa shape index (κ3) is 2.83. The lowest BCUT2D eigenvalue weighted by molar-refractivity contribution is -0.151. The van der Waals surface area contributed by atoms with Crippen molar-refractivity contribution in [3.63, 3.8) is 0 Å². The Morgan fingerprint density at radius 3 is 2.71 bits per heavy atom. The third-order valence-electron chi connectivity index (χ3n) is 2.73. The predicted octanol–water partition coefficient (Wildman–Crippen LogP) is 1.61. The SMILES string of the molecule is COC(=O)C(O)C(CC1CCC1)[N-]Cl. The van der Waals surface area contributed by atoms with Crippen molar-refractivity contribution in [2.45, 2.75) is 37.8 Å². The highest BCUT2D eigenvalue weighted by Gasteiger charge is 2.25. The summed E-state index contributed by atoms with van der Waals surface area (Å²) in [6, 6.07) is -0.533. The molecule has 4 nitrogen and oxygen atoms in total. The first-order valence-corrected chi connectivity index (χ1v) is 5.09. The van der Waals surface area contributed by atoms with Crippen molar-refractivity contribution >= 4 is 17.7 Å². The van der Waals surface area contributed by atoms with E-state index < -0.39 is 18.1 Å². The quantitative estimate of drug-likeness (QED) is 0.716. The molecule has 5 heteroatoms. The molecule has 1 aliphatic carbocycles. The average Bonchev–Trinajstić information content (AvgIpc) is 2.14. The molecule has 0 saturated heterocycles. The van der Waals surface area contributed by atoms with E-state index in [0.29, 0.717) is 12.3 Å². The fraction of sp³-hybridized carbons (Fsp3) is 0.889. The van der Waals surface area contributed by atoms with Gasteiger partial charge in [0.05, 0.1) is 7.11 Å². The van der Waals surface area contributed by atoms with Gasteiger partial charge in [0.25, 0.3) is 0 Å². The molecule has 0 aromatic rings. The van der Waals surface area contributed by atoms with Gasteiger partial charge in [0.15, 0.2) is 0 Å². The molecule has 1 N–H and O–H groups in total. The van der Waals surface area contributed by atoms with Crippen LogP contribution in [-0.2, 0) is 9.53 Å². The molecule has 0 heterocycles. The first-order valence-electron chi connectivity index (χ1n) is 4.76. The van der Waals surface area contributed by atoms with Crippen LogP contribution < -0.4 is 0 Å². The van der Waals surface area contributed by atoms with E-state index in [1.54, 1.807) is 0 Å². The summed E-state index contributed by atoms with van der Waals surface area (Å²) in [5.41, 5.74) is 0. The Hall–Kier alpha value is -0.320. The van der Waals surface area contributed by atoms with Gasteiger partial charge in [-0.1, -0.05) is 31.7 Å². The van der Waals surface area contributed by atoms with Crippen molar-refractivity contribution in [1.82, 2.24) is 0 Å². The van der Waals surface area contributed by atoms with Gasteiger partial charge < -0.3 is 14.7 Å². The third-order valence-corrected chi connectivity index (χ3v) is 2.98. The number of methoxy groups -OCH3 is 1. The highest BCUT2D eigenvalue weighted by molar-refractivity contribution is 6.25. The van der Waals surface area contributed by atoms with E-state index in [1.165, 1.54) is 13.5 Å². The van der Waals surface area contributed by atoms with Gasteiger partial charge in [0.2, 0.25) is 0 Å². The summed E-state index contributed by atoms with van der Waals surface area (Å²) in [5.74, 6) is -0.125. The first kappa shape index (κ1) is 11.8. The zero-order chi connectivity index (χ0) is 10.6. The van der Waals surface area contributed by atoms with Crippen LogP contribution in [0.2, 0.25) is 0 Å². The van der Waals surface area contributed by atoms with Crippen LogP contribution in [0.4, 0.5) is 0 Å². The topological polar surface area (TPSA) is 60.6 Å². The smallest absolute Gasteiger partial charge is 0.333 e. The normalized spacial score (nSPS) is 21.1. The molecule has 0 aliphatic heterocycles. The van der Waals surface area contributed by atoms with Crippen molar-refractivity contribution in [3.05, 3.63) is 4.84 Å². The minimum atomic E-state index is -1.22. The molecular weight excluding hydrogens is 206 g/mol. The Bertz CT molecular complexity index is 196. The van der Waals surface area contributed by atoms with Crippen molar-refractivity contribution in [1.29, 1.82) is 0 Å². The number of esters is 1. The van der Waals surface area contributed by atoms with Gasteiger partial charge in [0, 0.05) is 0 Å². The summed E-state index contributed by atoms with van der Waals surface area (Å²) in [4.78, 5) is 14.5. The molecule has 1 aliphatic rings. The van der Waals surface area contributed by atoms with Crippen LogP contribution in [0.25, 0.3) is 4.84 Å². The van der Waals surface area contributed by atoms with Gasteiger partial charge in [0.1, 0.15) is 6.10 Å². The number of ether oxygens (including phenoxy) is 1. The number of hydrogen-bond acceptors (Lipinski definition) is 3. The van der Waals surface area contributed by atoms with Crippen molar-refractivity contribution in [2.75, 3.05) is 7.11 Å². The van der Waals surface area contributed by atoms with E-state index >= 15 is 0 Å². The van der Waals surface area contributed by atoms with E-state index in [4.69, 9.17) is 11.8 Å². The molecule has 1 rings (SSSR count). The summed E-state index contributed by atoms with van der Waals surface area (Å²) in [6.45, 7) is 0. The Morgan fingerprint density at radius 2 is 2.36 bits per heavy atom. The van der Waals surface area contributed by atoms with Gasteiger partial charge in [-0.05, 0) is 5.92 Å². The van der Waals surface area contributed by atoms with E-state index in [0.717, 1.165) is 12.8 Å². The lowest BCUT2D eigenvalue weighted by Crippen LogP contribution is -2.35. The number of carbonyl (C=O) groups is 1. The van der Waals surface area contributed by atoms with E-state index in [2.05, 4.69) is 9.57 Å². The maximum absolute atomic E-state index is 11.0. The van der Waals surface area contributed by atoms with Crippen molar-refractivity contribution in [2.24, 2.45) is 5.92 Å². The molecule has 0 amide bonds. The lowest BCUT2D eigenvalue weighted by atomic mass is 9.80. The summed E-state index contributed by atoms with van der Waals surface area (Å²) >= 11 is 5.35. The number of hydrogen-bond donors (Lipinski definition) is 1. The zero-order valence-electron chi connectivity index (χ0n) is 8.15. The summed E-state index contributed by atoms with van der Waals surface area (Å²) in [7, 11) is 1.24. The second-order valence-corrected chi connectivity index (χ2v) is 3.86. The number of aliphatic hydroxyl groups excluding tert-OH is 1. The molecule has 2 unspecified atom stereocenters. The molecular formula is C9H15ClNO3-. The van der Waals surface area contributed by atoms with Crippen LogP contribution in [0, 0.1) is 5.92 Å². The molecule has 0 bridgehead atoms. The summed E-state index contributed by atoms with van der Waals surface area (Å²) in [6.07, 6.45) is 2.93. The molecule has 1 saturated carbocycles. The lowest BCUT2D eigenvalue weighted by Gasteiger charge is -2.36. The van der Waals surface area contributed by atoms with Gasteiger partial charge in [-0.15, -0.1) is 0 Å². The maximum Gasteiger partial charge on any atom is 0.333 e. The summed E-state index contributed by atoms with van der Waals surface area (Å²) in [5, 5.41) is 9.49. The van der Waals surface area contributed by atoms with E-state index in [9.17, 15) is 9.90 Å². The molecule has 14 heavy (non-hydrogen) atoms. The fourth-order valence-electron chi connectivity index (χ4n) is 1.57. The highest BCUT2D eigenvalue weighted by Crippen LogP contribution is 2.33. The van der Waals surface area contributed by atoms with Gasteiger partial charge in [-0.2, -0.15) is 0 Å². The molecule has 2 atom stereocenters. The zero-order valence-corrected chi connectivity index (χ0v) is 8.91. The van der Waals surface area contributed by atoms with Crippen LogP contribution in [0.1, 0.15) is 25.7 Å². The van der Waals surface area contributed by atoms with Crippen LogP contribution in [-0.4, -0.2) is 30.3 Å².